The molecule has 2 heterocycles. The second kappa shape index (κ2) is 8.99. The van der Waals surface area contributed by atoms with Crippen LogP contribution in [-0.2, 0) is 33.2 Å². The maximum atomic E-state index is 12.5. The number of nitrogens with one attached hydrogen (secondary N) is 1. The molecule has 29 heavy (non-hydrogen) atoms. The molecule has 0 saturated carbocycles. The van der Waals surface area contributed by atoms with E-state index in [1.54, 1.807) is 40.7 Å². The second-order valence-electron chi connectivity index (χ2n) is 8.60. The minimum absolute atomic E-state index is 0.256. The van der Waals surface area contributed by atoms with Crippen molar-refractivity contribution in [2.45, 2.75) is 83.1 Å². The van der Waals surface area contributed by atoms with E-state index in [1.165, 1.54) is 14.2 Å². The minimum Gasteiger partial charge on any atom is -0.469 e. The molecule has 0 aromatic carbocycles. The average molecular weight is 415 g/mol. The van der Waals surface area contributed by atoms with Gasteiger partial charge in [-0.25, -0.2) is 4.79 Å². The summed E-state index contributed by atoms with van der Waals surface area (Å²) < 4.78 is 33.7. The summed E-state index contributed by atoms with van der Waals surface area (Å²) in [4.78, 5) is 25.0. The Bertz CT molecular complexity index is 614. The van der Waals surface area contributed by atoms with Crippen LogP contribution in [0, 0.1) is 5.92 Å². The highest BCUT2D eigenvalue weighted by Gasteiger charge is 2.58. The first kappa shape index (κ1) is 23.6. The highest BCUT2D eigenvalue weighted by atomic mass is 16.8. The topological polar surface area (TPSA) is 102 Å². The van der Waals surface area contributed by atoms with Crippen LogP contribution in [0.1, 0.15) is 41.0 Å². The van der Waals surface area contributed by atoms with Crippen LogP contribution in [0.3, 0.4) is 0 Å². The van der Waals surface area contributed by atoms with Crippen molar-refractivity contribution in [3.63, 3.8) is 0 Å². The first-order valence-corrected chi connectivity index (χ1v) is 9.64. The Morgan fingerprint density at radius 1 is 1.24 bits per heavy atom. The average Bonchev–Trinajstić information content (AvgIpc) is 3.06. The molecule has 0 spiro atoms. The third kappa shape index (κ3) is 5.69. The van der Waals surface area contributed by atoms with Crippen molar-refractivity contribution >= 4 is 12.1 Å². The van der Waals surface area contributed by atoms with E-state index in [4.69, 9.17) is 28.4 Å². The molecule has 0 aromatic heterocycles. The lowest BCUT2D eigenvalue weighted by atomic mass is 9.89. The van der Waals surface area contributed by atoms with Crippen LogP contribution in [0.15, 0.2) is 12.7 Å². The van der Waals surface area contributed by atoms with Crippen LogP contribution in [0.25, 0.3) is 0 Å². The van der Waals surface area contributed by atoms with Gasteiger partial charge in [0.25, 0.3) is 0 Å². The minimum atomic E-state index is -0.825. The standard InChI is InChI=1S/C20H33NO8/c1-9-10-11(16(22)25-8)12(21-18(23)29-19(2,3)4)13-14(24-7)15-17(26-13)28-20(5,6)27-15/h9,11-15,17H,1,10H2,2-8H3,(H,21,23)/t11-,12-,13+,14-,15+,17+/m0/s1. The van der Waals surface area contributed by atoms with Gasteiger partial charge in [0.2, 0.25) is 0 Å². The van der Waals surface area contributed by atoms with Gasteiger partial charge in [0.1, 0.15) is 23.9 Å². The van der Waals surface area contributed by atoms with Gasteiger partial charge in [0, 0.05) is 7.11 Å². The summed E-state index contributed by atoms with van der Waals surface area (Å²) in [7, 11) is 2.80. The zero-order valence-corrected chi connectivity index (χ0v) is 18.2. The maximum Gasteiger partial charge on any atom is 0.407 e. The van der Waals surface area contributed by atoms with E-state index < -0.39 is 60.0 Å². The summed E-state index contributed by atoms with van der Waals surface area (Å²) in [5.74, 6) is -2.10. The Morgan fingerprint density at radius 3 is 2.41 bits per heavy atom. The molecule has 2 fully saturated rings. The number of rotatable bonds is 7. The Morgan fingerprint density at radius 2 is 1.90 bits per heavy atom. The first-order chi connectivity index (χ1) is 13.4. The van der Waals surface area contributed by atoms with Gasteiger partial charge in [-0.15, -0.1) is 6.58 Å². The number of allylic oxidation sites excluding steroid dienone is 1. The Kier molecular flexibility index (Phi) is 7.32. The summed E-state index contributed by atoms with van der Waals surface area (Å²) in [6.07, 6.45) is -1.36. The predicted octanol–water partition coefficient (Wildman–Crippen LogP) is 2.14. The monoisotopic (exact) mass is 415 g/mol. The normalized spacial score (nSPS) is 30.2. The van der Waals surface area contributed by atoms with Crippen molar-refractivity contribution in [1.82, 2.24) is 5.32 Å². The van der Waals surface area contributed by atoms with Crippen molar-refractivity contribution in [2.75, 3.05) is 14.2 Å². The number of carbonyl (C=O) groups is 2. The number of hydrogen-bond acceptors (Lipinski definition) is 8. The molecule has 2 aliphatic heterocycles. The molecule has 0 aromatic rings. The molecular formula is C20H33NO8. The van der Waals surface area contributed by atoms with E-state index in [2.05, 4.69) is 11.9 Å². The van der Waals surface area contributed by atoms with Crippen LogP contribution < -0.4 is 5.32 Å². The number of alkyl carbamates (subject to hydrolysis) is 1. The summed E-state index contributed by atoms with van der Waals surface area (Å²) >= 11 is 0. The molecule has 1 N–H and O–H groups in total. The van der Waals surface area contributed by atoms with Gasteiger partial charge >= 0.3 is 12.1 Å². The number of fused-ring (bicyclic) bond motifs is 1. The highest BCUT2D eigenvalue weighted by molar-refractivity contribution is 5.75. The van der Waals surface area contributed by atoms with Crippen LogP contribution in [0.5, 0.6) is 0 Å². The molecule has 2 rings (SSSR count). The number of methoxy groups -OCH3 is 2. The van der Waals surface area contributed by atoms with Gasteiger partial charge in [-0.1, -0.05) is 6.08 Å². The molecule has 2 saturated heterocycles. The van der Waals surface area contributed by atoms with E-state index in [0.29, 0.717) is 0 Å². The fourth-order valence-corrected chi connectivity index (χ4v) is 3.64. The first-order valence-electron chi connectivity index (χ1n) is 9.64. The summed E-state index contributed by atoms with van der Waals surface area (Å²) in [6.45, 7) is 12.5. The molecule has 1 amide bonds. The number of carbonyl (C=O) groups excluding carboxylic acids is 2. The van der Waals surface area contributed by atoms with Gasteiger partial charge in [0.05, 0.1) is 19.1 Å². The van der Waals surface area contributed by atoms with Crippen molar-refractivity contribution in [1.29, 1.82) is 0 Å². The lowest BCUT2D eigenvalue weighted by molar-refractivity contribution is -0.221. The number of amides is 1. The molecule has 6 atom stereocenters. The van der Waals surface area contributed by atoms with E-state index in [-0.39, 0.29) is 6.42 Å². The molecule has 9 nitrogen and oxygen atoms in total. The maximum absolute atomic E-state index is 12.5. The molecular weight excluding hydrogens is 382 g/mol. The van der Waals surface area contributed by atoms with Gasteiger partial charge < -0.3 is 33.7 Å². The van der Waals surface area contributed by atoms with Gasteiger partial charge in [0.15, 0.2) is 12.1 Å². The molecule has 166 valence electrons. The molecule has 0 bridgehead atoms. The summed E-state index contributed by atoms with van der Waals surface area (Å²) in [6, 6.07) is -0.818. The van der Waals surface area contributed by atoms with E-state index in [9.17, 15) is 9.59 Å². The number of hydrogen-bond donors (Lipinski definition) is 1. The molecule has 9 heteroatoms. The summed E-state index contributed by atoms with van der Waals surface area (Å²) in [5.41, 5.74) is -0.711. The van der Waals surface area contributed by atoms with Crippen molar-refractivity contribution < 1.29 is 38.0 Å². The predicted molar refractivity (Wildman–Crippen MR) is 103 cm³/mol. The third-order valence-electron chi connectivity index (χ3n) is 4.69. The van der Waals surface area contributed by atoms with E-state index in [1.807, 2.05) is 0 Å². The van der Waals surface area contributed by atoms with Crippen LogP contribution in [-0.4, -0.2) is 68.3 Å². The smallest absolute Gasteiger partial charge is 0.407 e. The van der Waals surface area contributed by atoms with Gasteiger partial charge in [-0.2, -0.15) is 0 Å². The van der Waals surface area contributed by atoms with Gasteiger partial charge in [-0.05, 0) is 41.0 Å². The van der Waals surface area contributed by atoms with Crippen LogP contribution in [0.4, 0.5) is 4.79 Å². The largest absolute Gasteiger partial charge is 0.469 e. The third-order valence-corrected chi connectivity index (χ3v) is 4.69. The van der Waals surface area contributed by atoms with E-state index >= 15 is 0 Å². The quantitative estimate of drug-likeness (QED) is 0.498. The highest BCUT2D eigenvalue weighted by Crippen LogP contribution is 2.40. The molecule has 0 unspecified atom stereocenters. The molecule has 0 radical (unpaired) electrons. The number of esters is 1. The molecule has 0 aliphatic carbocycles. The lowest BCUT2D eigenvalue weighted by Gasteiger charge is -2.34. The van der Waals surface area contributed by atoms with Gasteiger partial charge in [-0.3, -0.25) is 4.79 Å². The zero-order valence-electron chi connectivity index (χ0n) is 18.2. The summed E-state index contributed by atoms with van der Waals surface area (Å²) in [5, 5.41) is 2.76. The fraction of sp³-hybridized carbons (Fsp3) is 0.800. The van der Waals surface area contributed by atoms with Crippen molar-refractivity contribution in [3.8, 4) is 0 Å². The van der Waals surface area contributed by atoms with E-state index in [0.717, 1.165) is 0 Å². The SMILES string of the molecule is C=CC[C@H](C(=O)OC)[C@H](NC(=O)OC(C)(C)C)[C@H]1O[C@@H]2OC(C)(C)O[C@@H]2[C@H]1OC. The number of ether oxygens (including phenoxy) is 6. The van der Waals surface area contributed by atoms with Crippen LogP contribution >= 0.6 is 0 Å². The fourth-order valence-electron chi connectivity index (χ4n) is 3.64. The molecule has 2 aliphatic rings. The Hall–Kier alpha value is -1.68. The zero-order chi connectivity index (χ0) is 22.0. The Labute approximate surface area is 172 Å². The van der Waals surface area contributed by atoms with Crippen LogP contribution in [0.2, 0.25) is 0 Å². The lowest BCUT2D eigenvalue weighted by Crippen LogP contribution is -2.56. The Balaban J connectivity index is 2.32. The van der Waals surface area contributed by atoms with Crippen molar-refractivity contribution in [2.24, 2.45) is 5.92 Å². The second-order valence-corrected chi connectivity index (χ2v) is 8.60. The van der Waals surface area contributed by atoms with Crippen molar-refractivity contribution in [3.05, 3.63) is 12.7 Å².